The third kappa shape index (κ3) is 3.45. The number of aromatic nitrogens is 1. The van der Waals surface area contributed by atoms with Gasteiger partial charge in [0.1, 0.15) is 5.75 Å². The first-order valence-corrected chi connectivity index (χ1v) is 6.17. The molecule has 1 aromatic heterocycles. The Balaban J connectivity index is 2.00. The molecule has 2 aromatic rings. The zero-order valence-corrected chi connectivity index (χ0v) is 10.9. The Morgan fingerprint density at radius 2 is 2.11 bits per heavy atom. The van der Waals surface area contributed by atoms with Crippen molar-refractivity contribution in [2.75, 3.05) is 13.2 Å². The quantitative estimate of drug-likeness (QED) is 0.805. The summed E-state index contributed by atoms with van der Waals surface area (Å²) in [4.78, 5) is 11.9. The van der Waals surface area contributed by atoms with Crippen molar-refractivity contribution >= 4 is 5.78 Å². The summed E-state index contributed by atoms with van der Waals surface area (Å²) in [5.41, 5.74) is 1.55. The number of nitrogens with zero attached hydrogens (tertiary/aromatic N) is 1. The lowest BCUT2D eigenvalue weighted by molar-refractivity contribution is 0.0921. The third-order valence-corrected chi connectivity index (χ3v) is 2.87. The van der Waals surface area contributed by atoms with Crippen LogP contribution in [0.3, 0.4) is 0 Å². The maximum Gasteiger partial charge on any atom is 0.201 e. The number of hydrogen-bond donors (Lipinski definition) is 1. The molecule has 4 nitrogen and oxygen atoms in total. The number of aryl methyl sites for hydroxylation is 1. The number of carbonyl (C=O) groups excluding carboxylic acids is 1. The molecule has 0 aliphatic rings. The molecule has 0 aliphatic carbocycles. The minimum absolute atomic E-state index is 0.00640. The van der Waals surface area contributed by atoms with Crippen LogP contribution in [0.1, 0.15) is 15.9 Å². The van der Waals surface area contributed by atoms with E-state index in [0.29, 0.717) is 17.7 Å². The summed E-state index contributed by atoms with van der Waals surface area (Å²) < 4.78 is 7.37. The van der Waals surface area contributed by atoms with Crippen LogP contribution in [0, 0.1) is 0 Å². The highest BCUT2D eigenvalue weighted by atomic mass is 16.5. The molecule has 0 saturated carbocycles. The van der Waals surface area contributed by atoms with Crippen molar-refractivity contribution in [1.29, 1.82) is 0 Å². The average molecular weight is 259 g/mol. The van der Waals surface area contributed by atoms with Gasteiger partial charge in [0, 0.05) is 31.6 Å². The van der Waals surface area contributed by atoms with Crippen LogP contribution < -0.4 is 4.74 Å². The fourth-order valence-corrected chi connectivity index (χ4v) is 1.87. The van der Waals surface area contributed by atoms with Crippen LogP contribution in [0.5, 0.6) is 5.75 Å². The van der Waals surface area contributed by atoms with E-state index >= 15 is 0 Å². The van der Waals surface area contributed by atoms with Crippen molar-refractivity contribution in [3.63, 3.8) is 0 Å². The molecule has 0 aliphatic heterocycles. The zero-order valence-electron chi connectivity index (χ0n) is 10.9. The fourth-order valence-electron chi connectivity index (χ4n) is 1.87. The molecule has 4 heteroatoms. The van der Waals surface area contributed by atoms with Crippen LogP contribution in [0.15, 0.2) is 42.7 Å². The number of ketones is 1. The number of ether oxygens (including phenoxy) is 1. The van der Waals surface area contributed by atoms with Gasteiger partial charge in [-0.1, -0.05) is 18.2 Å². The van der Waals surface area contributed by atoms with Gasteiger partial charge in [0.2, 0.25) is 5.78 Å². The van der Waals surface area contributed by atoms with E-state index in [-0.39, 0.29) is 19.0 Å². The molecule has 0 radical (unpaired) electrons. The number of aliphatic hydroxyl groups is 1. The second-order valence-corrected chi connectivity index (χ2v) is 4.36. The predicted molar refractivity (Wildman–Crippen MR) is 72.5 cm³/mol. The predicted octanol–water partition coefficient (Wildman–Crippen LogP) is 1.82. The van der Waals surface area contributed by atoms with E-state index in [9.17, 15) is 4.79 Å². The molecule has 0 bridgehead atoms. The molecule has 0 fully saturated rings. The second-order valence-electron chi connectivity index (χ2n) is 4.36. The minimum atomic E-state index is -0.0561. The molecular formula is C15H17NO3. The first-order chi connectivity index (χ1) is 9.20. The molecule has 1 N–H and O–H groups in total. The van der Waals surface area contributed by atoms with Crippen LogP contribution in [-0.2, 0) is 13.5 Å². The largest absolute Gasteiger partial charge is 0.485 e. The number of rotatable bonds is 6. The summed E-state index contributed by atoms with van der Waals surface area (Å²) >= 11 is 0. The molecule has 0 unspecified atom stereocenters. The highest BCUT2D eigenvalue weighted by molar-refractivity contribution is 5.97. The van der Waals surface area contributed by atoms with Crippen LogP contribution in [0.4, 0.5) is 0 Å². The topological polar surface area (TPSA) is 51.5 Å². The summed E-state index contributed by atoms with van der Waals surface area (Å²) in [6.45, 7) is 0.0689. The van der Waals surface area contributed by atoms with E-state index in [1.54, 1.807) is 12.3 Å². The van der Waals surface area contributed by atoms with Gasteiger partial charge in [-0.05, 0) is 24.1 Å². The molecule has 0 amide bonds. The van der Waals surface area contributed by atoms with Gasteiger partial charge in [0.15, 0.2) is 6.61 Å². The zero-order chi connectivity index (χ0) is 13.7. The molecule has 0 spiro atoms. The Hall–Kier alpha value is -2.07. The molecular weight excluding hydrogens is 242 g/mol. The molecule has 0 saturated heterocycles. The van der Waals surface area contributed by atoms with Crippen molar-refractivity contribution in [3.8, 4) is 5.75 Å². The Morgan fingerprint density at radius 1 is 1.32 bits per heavy atom. The van der Waals surface area contributed by atoms with E-state index in [4.69, 9.17) is 9.84 Å². The van der Waals surface area contributed by atoms with Gasteiger partial charge in [-0.25, -0.2) is 0 Å². The van der Waals surface area contributed by atoms with Crippen LogP contribution in [-0.4, -0.2) is 28.7 Å². The highest BCUT2D eigenvalue weighted by Gasteiger charge is 2.09. The van der Waals surface area contributed by atoms with Crippen LogP contribution >= 0.6 is 0 Å². The monoisotopic (exact) mass is 259 g/mol. The van der Waals surface area contributed by atoms with Gasteiger partial charge in [-0.3, -0.25) is 4.79 Å². The molecule has 19 heavy (non-hydrogen) atoms. The average Bonchev–Trinajstić information content (AvgIpc) is 2.84. The normalized spacial score (nSPS) is 10.4. The fraction of sp³-hybridized carbons (Fsp3) is 0.267. The second kappa shape index (κ2) is 6.20. The summed E-state index contributed by atoms with van der Waals surface area (Å²) in [5, 5.41) is 8.98. The number of para-hydroxylation sites is 1. The Kier molecular flexibility index (Phi) is 4.36. The summed E-state index contributed by atoms with van der Waals surface area (Å²) in [5.74, 6) is 0.597. The van der Waals surface area contributed by atoms with Gasteiger partial charge in [-0.15, -0.1) is 0 Å². The number of carbonyl (C=O) groups is 1. The molecule has 1 heterocycles. The van der Waals surface area contributed by atoms with Gasteiger partial charge in [-0.2, -0.15) is 0 Å². The number of hydrogen-bond acceptors (Lipinski definition) is 3. The third-order valence-electron chi connectivity index (χ3n) is 2.87. The SMILES string of the molecule is Cn1ccc(C(=O)COc2ccccc2CCO)c1. The number of Topliss-reactive ketones (excluding diaryl/α,β-unsaturated/α-hetero) is 1. The van der Waals surface area contributed by atoms with E-state index in [1.165, 1.54) is 0 Å². The molecule has 1 aromatic carbocycles. The Bertz CT molecular complexity index is 560. The molecule has 100 valence electrons. The lowest BCUT2D eigenvalue weighted by Gasteiger charge is -2.09. The summed E-state index contributed by atoms with van der Waals surface area (Å²) in [7, 11) is 1.87. The Morgan fingerprint density at radius 3 is 2.79 bits per heavy atom. The molecule has 2 rings (SSSR count). The van der Waals surface area contributed by atoms with E-state index in [0.717, 1.165) is 5.56 Å². The first-order valence-electron chi connectivity index (χ1n) is 6.17. The lowest BCUT2D eigenvalue weighted by atomic mass is 10.1. The van der Waals surface area contributed by atoms with E-state index in [2.05, 4.69) is 0 Å². The minimum Gasteiger partial charge on any atom is -0.485 e. The summed E-state index contributed by atoms with van der Waals surface area (Å²) in [6.07, 6.45) is 4.12. The van der Waals surface area contributed by atoms with Crippen molar-refractivity contribution < 1.29 is 14.6 Å². The molecule has 0 atom stereocenters. The lowest BCUT2D eigenvalue weighted by Crippen LogP contribution is -2.12. The smallest absolute Gasteiger partial charge is 0.201 e. The standard InChI is InChI=1S/C15H17NO3/c1-16-8-6-13(10-16)14(18)11-19-15-5-3-2-4-12(15)7-9-17/h2-6,8,10,17H,7,9,11H2,1H3. The van der Waals surface area contributed by atoms with Crippen molar-refractivity contribution in [2.45, 2.75) is 6.42 Å². The van der Waals surface area contributed by atoms with Gasteiger partial charge < -0.3 is 14.4 Å². The van der Waals surface area contributed by atoms with Gasteiger partial charge >= 0.3 is 0 Å². The first kappa shape index (κ1) is 13.4. The van der Waals surface area contributed by atoms with E-state index in [1.807, 2.05) is 42.1 Å². The van der Waals surface area contributed by atoms with Crippen LogP contribution in [0.25, 0.3) is 0 Å². The Labute approximate surface area is 112 Å². The maximum absolute atomic E-state index is 11.9. The summed E-state index contributed by atoms with van der Waals surface area (Å²) in [6, 6.07) is 9.20. The number of aliphatic hydroxyl groups excluding tert-OH is 1. The van der Waals surface area contributed by atoms with Crippen molar-refractivity contribution in [2.24, 2.45) is 7.05 Å². The van der Waals surface area contributed by atoms with E-state index < -0.39 is 0 Å². The van der Waals surface area contributed by atoms with Gasteiger partial charge in [0.05, 0.1) is 0 Å². The van der Waals surface area contributed by atoms with Crippen molar-refractivity contribution in [1.82, 2.24) is 4.57 Å². The number of benzene rings is 1. The maximum atomic E-state index is 11.9. The highest BCUT2D eigenvalue weighted by Crippen LogP contribution is 2.18. The van der Waals surface area contributed by atoms with Gasteiger partial charge in [0.25, 0.3) is 0 Å². The van der Waals surface area contributed by atoms with Crippen LogP contribution in [0.2, 0.25) is 0 Å². The van der Waals surface area contributed by atoms with Crippen molar-refractivity contribution in [3.05, 3.63) is 53.9 Å².